The molecule has 1 unspecified atom stereocenters. The largest absolute Gasteiger partial charge is 0.379 e. The minimum absolute atomic E-state index is 0.0192. The molecule has 0 spiro atoms. The van der Waals surface area contributed by atoms with E-state index in [-0.39, 0.29) is 24.5 Å². The summed E-state index contributed by atoms with van der Waals surface area (Å²) in [6.07, 6.45) is 3.30. The number of nitrogens with zero attached hydrogens (tertiary/aromatic N) is 1. The maximum atomic E-state index is 12.2. The maximum absolute atomic E-state index is 12.2. The third-order valence-corrected chi connectivity index (χ3v) is 3.66. The topological polar surface area (TPSA) is 93.9 Å². The average molecular weight is 315 g/mol. The number of carbonyl (C=O) groups is 2. The fourth-order valence-corrected chi connectivity index (χ4v) is 2.50. The smallest absolute Gasteiger partial charge is 0.248 e. The summed E-state index contributed by atoms with van der Waals surface area (Å²) < 4.78 is 10.5. The highest BCUT2D eigenvalue weighted by atomic mass is 16.5. The van der Waals surface area contributed by atoms with Gasteiger partial charge in [0.25, 0.3) is 0 Å². The van der Waals surface area contributed by atoms with E-state index in [2.05, 4.69) is 5.32 Å². The van der Waals surface area contributed by atoms with E-state index < -0.39 is 0 Å². The van der Waals surface area contributed by atoms with Crippen LogP contribution >= 0.6 is 0 Å². The number of ether oxygens (including phenoxy) is 2. The first-order valence-corrected chi connectivity index (χ1v) is 8.10. The van der Waals surface area contributed by atoms with Gasteiger partial charge in [-0.15, -0.1) is 0 Å². The van der Waals surface area contributed by atoms with Gasteiger partial charge in [-0.2, -0.15) is 0 Å². The number of carbonyl (C=O) groups excluding carboxylic acids is 2. The molecule has 128 valence electrons. The molecule has 0 saturated carbocycles. The van der Waals surface area contributed by atoms with Crippen molar-refractivity contribution in [1.82, 2.24) is 10.2 Å². The van der Waals surface area contributed by atoms with Gasteiger partial charge in [0, 0.05) is 38.7 Å². The van der Waals surface area contributed by atoms with Gasteiger partial charge in [0.2, 0.25) is 11.8 Å². The number of nitrogens with one attached hydrogen (secondary N) is 1. The summed E-state index contributed by atoms with van der Waals surface area (Å²) in [6, 6.07) is 0.0541. The number of amides is 2. The fourth-order valence-electron chi connectivity index (χ4n) is 2.50. The van der Waals surface area contributed by atoms with Gasteiger partial charge >= 0.3 is 0 Å². The van der Waals surface area contributed by atoms with Crippen molar-refractivity contribution in [3.8, 4) is 0 Å². The highest BCUT2D eigenvalue weighted by Crippen LogP contribution is 2.16. The predicted octanol–water partition coefficient (Wildman–Crippen LogP) is -0.114. The molecule has 1 atom stereocenters. The van der Waals surface area contributed by atoms with Crippen molar-refractivity contribution in [1.29, 1.82) is 0 Å². The molecule has 1 rings (SSSR count). The number of hydrogen-bond acceptors (Lipinski definition) is 5. The van der Waals surface area contributed by atoms with Crippen LogP contribution in [-0.2, 0) is 19.1 Å². The SMILES string of the molecule is CCOCCOCC(=O)N1CCCCC1CNC(=O)CCN. The molecule has 0 aromatic rings. The Morgan fingerprint density at radius 2 is 2.05 bits per heavy atom. The van der Waals surface area contributed by atoms with E-state index in [4.69, 9.17) is 15.2 Å². The molecule has 1 aliphatic rings. The van der Waals surface area contributed by atoms with Crippen molar-refractivity contribution in [3.05, 3.63) is 0 Å². The van der Waals surface area contributed by atoms with E-state index in [0.29, 0.717) is 39.3 Å². The third-order valence-electron chi connectivity index (χ3n) is 3.66. The Labute approximate surface area is 132 Å². The van der Waals surface area contributed by atoms with Crippen molar-refractivity contribution in [2.45, 2.75) is 38.6 Å². The van der Waals surface area contributed by atoms with Crippen LogP contribution in [0, 0.1) is 0 Å². The first kappa shape index (κ1) is 18.9. The minimum Gasteiger partial charge on any atom is -0.379 e. The fraction of sp³-hybridized carbons (Fsp3) is 0.867. The molecule has 1 aliphatic heterocycles. The van der Waals surface area contributed by atoms with E-state index in [1.807, 2.05) is 11.8 Å². The number of likely N-dealkylation sites (tertiary alicyclic amines) is 1. The van der Waals surface area contributed by atoms with Gasteiger partial charge in [-0.1, -0.05) is 0 Å². The molecular weight excluding hydrogens is 286 g/mol. The van der Waals surface area contributed by atoms with Crippen LogP contribution in [0.3, 0.4) is 0 Å². The molecule has 22 heavy (non-hydrogen) atoms. The Hall–Kier alpha value is -1.18. The molecule has 0 aliphatic carbocycles. The van der Waals surface area contributed by atoms with Crippen molar-refractivity contribution >= 4 is 11.8 Å². The monoisotopic (exact) mass is 315 g/mol. The van der Waals surface area contributed by atoms with Gasteiger partial charge < -0.3 is 25.4 Å². The van der Waals surface area contributed by atoms with Crippen molar-refractivity contribution in [2.24, 2.45) is 5.73 Å². The van der Waals surface area contributed by atoms with Crippen molar-refractivity contribution in [2.75, 3.05) is 46.1 Å². The Kier molecular flexibility index (Phi) is 9.77. The van der Waals surface area contributed by atoms with Crippen LogP contribution in [0.1, 0.15) is 32.6 Å². The zero-order valence-corrected chi connectivity index (χ0v) is 13.5. The van der Waals surface area contributed by atoms with Crippen LogP contribution in [0.15, 0.2) is 0 Å². The molecule has 7 nitrogen and oxygen atoms in total. The lowest BCUT2D eigenvalue weighted by Crippen LogP contribution is -2.50. The van der Waals surface area contributed by atoms with E-state index in [1.54, 1.807) is 0 Å². The van der Waals surface area contributed by atoms with Crippen LogP contribution < -0.4 is 11.1 Å². The summed E-state index contributed by atoms with van der Waals surface area (Å²) in [6.45, 7) is 5.12. The lowest BCUT2D eigenvalue weighted by Gasteiger charge is -2.35. The van der Waals surface area contributed by atoms with Gasteiger partial charge in [0.1, 0.15) is 6.61 Å². The summed E-state index contributed by atoms with van der Waals surface area (Å²) in [7, 11) is 0. The molecule has 3 N–H and O–H groups in total. The Balaban J connectivity index is 2.33. The van der Waals surface area contributed by atoms with Crippen LogP contribution in [0.25, 0.3) is 0 Å². The van der Waals surface area contributed by atoms with E-state index in [9.17, 15) is 9.59 Å². The van der Waals surface area contributed by atoms with E-state index >= 15 is 0 Å². The number of nitrogens with two attached hydrogens (primary N) is 1. The van der Waals surface area contributed by atoms with Crippen molar-refractivity contribution < 1.29 is 19.1 Å². The minimum atomic E-state index is -0.0616. The molecule has 1 heterocycles. The maximum Gasteiger partial charge on any atom is 0.248 e. The van der Waals surface area contributed by atoms with Crippen LogP contribution in [0.2, 0.25) is 0 Å². The van der Waals surface area contributed by atoms with Gasteiger partial charge in [-0.3, -0.25) is 9.59 Å². The average Bonchev–Trinajstić information content (AvgIpc) is 2.53. The molecular formula is C15H29N3O4. The summed E-state index contributed by atoms with van der Waals surface area (Å²) in [5.41, 5.74) is 5.35. The van der Waals surface area contributed by atoms with E-state index in [1.165, 1.54) is 0 Å². The standard InChI is InChI=1S/C15H29N3O4/c1-2-21-9-10-22-12-15(20)18-8-4-3-5-13(18)11-17-14(19)6-7-16/h13H,2-12,16H2,1H3,(H,17,19). The third kappa shape index (κ3) is 7.20. The molecule has 0 bridgehead atoms. The second-order valence-corrected chi connectivity index (χ2v) is 5.33. The summed E-state index contributed by atoms with van der Waals surface area (Å²) >= 11 is 0. The summed E-state index contributed by atoms with van der Waals surface area (Å²) in [5, 5.41) is 2.85. The second kappa shape index (κ2) is 11.4. The molecule has 1 fully saturated rings. The Bertz CT molecular complexity index is 339. The quantitative estimate of drug-likeness (QED) is 0.548. The predicted molar refractivity (Wildman–Crippen MR) is 83.3 cm³/mol. The Morgan fingerprint density at radius 1 is 1.27 bits per heavy atom. The van der Waals surface area contributed by atoms with E-state index in [0.717, 1.165) is 25.8 Å². The highest BCUT2D eigenvalue weighted by Gasteiger charge is 2.26. The molecule has 0 aromatic carbocycles. The lowest BCUT2D eigenvalue weighted by molar-refractivity contribution is -0.140. The Morgan fingerprint density at radius 3 is 2.77 bits per heavy atom. The zero-order chi connectivity index (χ0) is 16.2. The van der Waals surface area contributed by atoms with Crippen LogP contribution in [0.4, 0.5) is 0 Å². The van der Waals surface area contributed by atoms with Gasteiger partial charge in [0.15, 0.2) is 0 Å². The molecule has 7 heteroatoms. The number of hydrogen-bond donors (Lipinski definition) is 2. The molecule has 1 saturated heterocycles. The van der Waals surface area contributed by atoms with Gasteiger partial charge in [0.05, 0.1) is 13.2 Å². The first-order chi connectivity index (χ1) is 10.7. The molecule has 2 amide bonds. The van der Waals surface area contributed by atoms with Crippen molar-refractivity contribution in [3.63, 3.8) is 0 Å². The number of piperidine rings is 1. The molecule has 0 aromatic heterocycles. The van der Waals surface area contributed by atoms with Crippen LogP contribution in [0.5, 0.6) is 0 Å². The summed E-state index contributed by atoms with van der Waals surface area (Å²) in [5.74, 6) is -0.0808. The lowest BCUT2D eigenvalue weighted by atomic mass is 10.0. The summed E-state index contributed by atoms with van der Waals surface area (Å²) in [4.78, 5) is 25.6. The normalized spacial score (nSPS) is 18.3. The molecule has 0 radical (unpaired) electrons. The first-order valence-electron chi connectivity index (χ1n) is 8.10. The zero-order valence-electron chi connectivity index (χ0n) is 13.5. The number of rotatable bonds is 10. The van der Waals surface area contributed by atoms with Gasteiger partial charge in [-0.05, 0) is 26.2 Å². The van der Waals surface area contributed by atoms with Gasteiger partial charge in [-0.25, -0.2) is 0 Å². The van der Waals surface area contributed by atoms with Crippen LogP contribution in [-0.4, -0.2) is 68.8 Å². The second-order valence-electron chi connectivity index (χ2n) is 5.33. The highest BCUT2D eigenvalue weighted by molar-refractivity contribution is 5.78.